The Kier molecular flexibility index (Phi) is 4.57. The van der Waals surface area contributed by atoms with Crippen molar-refractivity contribution in [1.29, 1.82) is 0 Å². The predicted octanol–water partition coefficient (Wildman–Crippen LogP) is 4.05. The van der Waals surface area contributed by atoms with E-state index in [9.17, 15) is 22.8 Å². The van der Waals surface area contributed by atoms with Gasteiger partial charge in [-0.05, 0) is 41.8 Å². The molecule has 0 spiro atoms. The number of carbonyl (C=O) groups is 2. The van der Waals surface area contributed by atoms with E-state index in [0.717, 1.165) is 5.56 Å². The summed E-state index contributed by atoms with van der Waals surface area (Å²) in [6.45, 7) is 0. The average molecular weight is 349 g/mol. The van der Waals surface area contributed by atoms with E-state index in [2.05, 4.69) is 9.72 Å². The first-order valence-corrected chi connectivity index (χ1v) is 7.66. The maximum Gasteiger partial charge on any atom is 0.573 e. The second kappa shape index (κ2) is 6.66. The summed E-state index contributed by atoms with van der Waals surface area (Å²) in [7, 11) is 0. The van der Waals surface area contributed by atoms with Crippen LogP contribution >= 0.6 is 0 Å². The Morgan fingerprint density at radius 1 is 0.960 bits per heavy atom. The highest BCUT2D eigenvalue weighted by Gasteiger charge is 2.31. The van der Waals surface area contributed by atoms with Gasteiger partial charge in [0.1, 0.15) is 17.3 Å². The molecular formula is C18H14F3NO3. The van der Waals surface area contributed by atoms with Crippen molar-refractivity contribution < 1.29 is 27.5 Å². The quantitative estimate of drug-likeness (QED) is 0.785. The number of alkyl halides is 3. The lowest BCUT2D eigenvalue weighted by atomic mass is 9.83. The number of hydrogen-bond acceptors (Lipinski definition) is 4. The van der Waals surface area contributed by atoms with Gasteiger partial charge in [0.15, 0.2) is 0 Å². The molecule has 0 amide bonds. The first-order valence-electron chi connectivity index (χ1n) is 7.66. The Bertz CT molecular complexity index is 767. The number of Topliss-reactive ketones (excluding diaryl/α,β-unsaturated/α-hetero) is 2. The molecule has 4 nitrogen and oxygen atoms in total. The lowest BCUT2D eigenvalue weighted by molar-refractivity contribution is -0.274. The van der Waals surface area contributed by atoms with E-state index in [1.165, 1.54) is 24.3 Å². The van der Waals surface area contributed by atoms with Crippen LogP contribution in [-0.4, -0.2) is 22.9 Å². The Hall–Kier alpha value is -2.70. The SMILES string of the molecule is O=C1CC(=O)CC(c2ccc(-c3ccc(OC(F)(F)F)cc3)nc2)C1. The molecule has 1 aliphatic rings. The third-order valence-electron chi connectivity index (χ3n) is 3.98. The molecule has 0 bridgehead atoms. The summed E-state index contributed by atoms with van der Waals surface area (Å²) in [5, 5.41) is 0. The lowest BCUT2D eigenvalue weighted by Gasteiger charge is -2.20. The third-order valence-corrected chi connectivity index (χ3v) is 3.98. The Balaban J connectivity index is 1.74. The third kappa shape index (κ3) is 4.43. The first kappa shape index (κ1) is 17.1. The summed E-state index contributed by atoms with van der Waals surface area (Å²) in [6.07, 6.45) is -2.46. The van der Waals surface area contributed by atoms with E-state index >= 15 is 0 Å². The van der Waals surface area contributed by atoms with Gasteiger partial charge in [0.25, 0.3) is 0 Å². The van der Waals surface area contributed by atoms with Crippen LogP contribution < -0.4 is 4.74 Å². The minimum atomic E-state index is -4.73. The van der Waals surface area contributed by atoms with Crippen molar-refractivity contribution in [2.75, 3.05) is 0 Å². The Morgan fingerprint density at radius 3 is 2.12 bits per heavy atom. The molecule has 3 rings (SSSR count). The van der Waals surface area contributed by atoms with Crippen molar-refractivity contribution in [3.05, 3.63) is 48.2 Å². The number of pyridine rings is 1. The van der Waals surface area contributed by atoms with Crippen LogP contribution in [0.2, 0.25) is 0 Å². The zero-order chi connectivity index (χ0) is 18.0. The van der Waals surface area contributed by atoms with Crippen molar-refractivity contribution in [2.45, 2.75) is 31.5 Å². The van der Waals surface area contributed by atoms with Crippen molar-refractivity contribution in [3.8, 4) is 17.0 Å². The molecule has 130 valence electrons. The fourth-order valence-corrected chi connectivity index (χ4v) is 2.87. The van der Waals surface area contributed by atoms with Crippen LogP contribution in [0.5, 0.6) is 5.75 Å². The molecule has 1 saturated carbocycles. The van der Waals surface area contributed by atoms with Crippen molar-refractivity contribution in [3.63, 3.8) is 0 Å². The predicted molar refractivity (Wildman–Crippen MR) is 83.0 cm³/mol. The molecule has 2 aromatic rings. The second-order valence-corrected chi connectivity index (χ2v) is 5.91. The molecule has 0 atom stereocenters. The van der Waals surface area contributed by atoms with Crippen LogP contribution in [0, 0.1) is 0 Å². The number of ketones is 2. The van der Waals surface area contributed by atoms with Crippen LogP contribution in [0.3, 0.4) is 0 Å². The molecule has 1 aromatic heterocycles. The van der Waals surface area contributed by atoms with Gasteiger partial charge in [-0.3, -0.25) is 14.6 Å². The van der Waals surface area contributed by atoms with Gasteiger partial charge in [-0.2, -0.15) is 0 Å². The number of ether oxygens (including phenoxy) is 1. The molecular weight excluding hydrogens is 335 g/mol. The van der Waals surface area contributed by atoms with Crippen LogP contribution in [0.15, 0.2) is 42.6 Å². The number of aromatic nitrogens is 1. The van der Waals surface area contributed by atoms with Gasteiger partial charge in [-0.15, -0.1) is 13.2 Å². The number of rotatable bonds is 3. The molecule has 1 fully saturated rings. The number of hydrogen-bond donors (Lipinski definition) is 0. The smallest absolute Gasteiger partial charge is 0.406 e. The summed E-state index contributed by atoms with van der Waals surface area (Å²) in [5.74, 6) is -0.582. The molecule has 0 saturated heterocycles. The molecule has 0 unspecified atom stereocenters. The van der Waals surface area contributed by atoms with Crippen LogP contribution in [0.4, 0.5) is 13.2 Å². The summed E-state index contributed by atoms with van der Waals surface area (Å²) >= 11 is 0. The van der Waals surface area contributed by atoms with E-state index in [-0.39, 0.29) is 29.7 Å². The van der Waals surface area contributed by atoms with E-state index in [0.29, 0.717) is 24.1 Å². The molecule has 0 N–H and O–H groups in total. The summed E-state index contributed by atoms with van der Waals surface area (Å²) in [6, 6.07) is 8.92. The molecule has 25 heavy (non-hydrogen) atoms. The van der Waals surface area contributed by atoms with E-state index in [1.807, 2.05) is 0 Å². The molecule has 0 aliphatic heterocycles. The van der Waals surface area contributed by atoms with Gasteiger partial charge in [0, 0.05) is 24.6 Å². The van der Waals surface area contributed by atoms with Gasteiger partial charge < -0.3 is 4.74 Å². The van der Waals surface area contributed by atoms with Crippen molar-refractivity contribution >= 4 is 11.6 Å². The van der Waals surface area contributed by atoms with Crippen LogP contribution in [0.25, 0.3) is 11.3 Å². The van der Waals surface area contributed by atoms with Crippen LogP contribution in [0.1, 0.15) is 30.7 Å². The fraction of sp³-hybridized carbons (Fsp3) is 0.278. The van der Waals surface area contributed by atoms with Crippen molar-refractivity contribution in [1.82, 2.24) is 4.98 Å². The Labute approximate surface area is 141 Å². The molecule has 7 heteroatoms. The van der Waals surface area contributed by atoms with Gasteiger partial charge in [0.2, 0.25) is 0 Å². The number of benzene rings is 1. The topological polar surface area (TPSA) is 56.3 Å². The van der Waals surface area contributed by atoms with Gasteiger partial charge in [-0.1, -0.05) is 6.07 Å². The first-order chi connectivity index (χ1) is 11.8. The molecule has 1 aliphatic carbocycles. The highest BCUT2D eigenvalue weighted by Crippen LogP contribution is 2.30. The van der Waals surface area contributed by atoms with Crippen molar-refractivity contribution in [2.24, 2.45) is 0 Å². The van der Waals surface area contributed by atoms with Crippen LogP contribution in [-0.2, 0) is 9.59 Å². The highest BCUT2D eigenvalue weighted by molar-refractivity contribution is 6.02. The summed E-state index contributed by atoms with van der Waals surface area (Å²) in [4.78, 5) is 27.4. The maximum atomic E-state index is 12.2. The molecule has 1 aromatic carbocycles. The Morgan fingerprint density at radius 2 is 1.60 bits per heavy atom. The zero-order valence-corrected chi connectivity index (χ0v) is 13.0. The maximum absolute atomic E-state index is 12.2. The number of halogens is 3. The highest BCUT2D eigenvalue weighted by atomic mass is 19.4. The number of nitrogens with zero attached hydrogens (tertiary/aromatic N) is 1. The summed E-state index contributed by atoms with van der Waals surface area (Å²) in [5.41, 5.74) is 2.02. The van der Waals surface area contributed by atoms with Gasteiger partial charge >= 0.3 is 6.36 Å². The standard InChI is InChI=1S/C18H14F3NO3/c19-18(20,21)25-16-4-1-11(2-5-16)17-6-3-12(10-22-17)13-7-14(23)9-15(24)8-13/h1-6,10,13H,7-9H2. The van der Waals surface area contributed by atoms with E-state index in [4.69, 9.17) is 0 Å². The zero-order valence-electron chi connectivity index (χ0n) is 13.0. The lowest BCUT2D eigenvalue weighted by Crippen LogP contribution is -2.21. The minimum absolute atomic E-state index is 0.00829. The molecule has 1 heterocycles. The van der Waals surface area contributed by atoms with Gasteiger partial charge in [0.05, 0.1) is 12.1 Å². The van der Waals surface area contributed by atoms with E-state index in [1.54, 1.807) is 18.3 Å². The van der Waals surface area contributed by atoms with E-state index < -0.39 is 6.36 Å². The average Bonchev–Trinajstić information content (AvgIpc) is 2.53. The normalized spacial score (nSPS) is 16.1. The fourth-order valence-electron chi connectivity index (χ4n) is 2.87. The minimum Gasteiger partial charge on any atom is -0.406 e. The van der Waals surface area contributed by atoms with Gasteiger partial charge in [-0.25, -0.2) is 0 Å². The largest absolute Gasteiger partial charge is 0.573 e. The monoisotopic (exact) mass is 349 g/mol. The molecule has 0 radical (unpaired) electrons. The second-order valence-electron chi connectivity index (χ2n) is 5.91. The summed E-state index contributed by atoms with van der Waals surface area (Å²) < 4.78 is 40.3. The number of carbonyl (C=O) groups excluding carboxylic acids is 2.